The fraction of sp³-hybridized carbons (Fsp3) is 0.909. The van der Waals surface area contributed by atoms with Gasteiger partial charge in [-0.2, -0.15) is 17.4 Å². The molecule has 0 spiro atoms. The van der Waals surface area contributed by atoms with Crippen LogP contribution in [0.15, 0.2) is 0 Å². The van der Waals surface area contributed by atoms with E-state index in [0.717, 1.165) is 4.31 Å². The van der Waals surface area contributed by atoms with Crippen LogP contribution in [0.5, 0.6) is 0 Å². The standard InChI is InChI=1S/C22H43BN4O8S/c1-15(12-25-18(30)33-19(2,3)4)26-36(31,32)27-13-16(22(24,14-27)17(28)29)10-9-11-23-34-20(5,6)21(7,8)35-23/h15-16,26H,9-14,24H2,1-8H3,(H,25,30)(H,28,29)/t15-,16-,22-/m1/s1. The largest absolute Gasteiger partial charge is 0.480 e. The van der Waals surface area contributed by atoms with Crippen molar-refractivity contribution in [3.8, 4) is 0 Å². The van der Waals surface area contributed by atoms with Crippen LogP contribution in [0.1, 0.15) is 68.2 Å². The molecule has 36 heavy (non-hydrogen) atoms. The number of carbonyl (C=O) groups is 2. The number of hydrogen-bond acceptors (Lipinski definition) is 8. The normalized spacial score (nSPS) is 27.1. The average molecular weight is 534 g/mol. The highest BCUT2D eigenvalue weighted by Gasteiger charge is 2.53. The van der Waals surface area contributed by atoms with Crippen molar-refractivity contribution in [2.75, 3.05) is 19.6 Å². The molecular weight excluding hydrogens is 491 g/mol. The van der Waals surface area contributed by atoms with Crippen molar-refractivity contribution in [2.24, 2.45) is 11.7 Å². The van der Waals surface area contributed by atoms with Crippen LogP contribution in [0, 0.1) is 5.92 Å². The van der Waals surface area contributed by atoms with Crippen molar-refractivity contribution in [2.45, 2.75) is 103 Å². The minimum atomic E-state index is -4.05. The molecule has 0 radical (unpaired) electrons. The molecule has 2 rings (SSSR count). The molecule has 3 atom stereocenters. The van der Waals surface area contributed by atoms with Crippen LogP contribution in [0.4, 0.5) is 4.79 Å². The van der Waals surface area contributed by atoms with E-state index in [0.29, 0.717) is 19.2 Å². The molecule has 0 bridgehead atoms. The molecule has 5 N–H and O–H groups in total. The summed E-state index contributed by atoms with van der Waals surface area (Å²) in [4.78, 5) is 23.9. The lowest BCUT2D eigenvalue weighted by Gasteiger charge is -2.32. The molecule has 0 aromatic carbocycles. The van der Waals surface area contributed by atoms with Crippen LogP contribution in [0.25, 0.3) is 0 Å². The monoisotopic (exact) mass is 534 g/mol. The first-order valence-electron chi connectivity index (χ1n) is 12.3. The molecule has 2 fully saturated rings. The number of amides is 1. The molecule has 0 unspecified atom stereocenters. The second-order valence-electron chi connectivity index (χ2n) is 11.9. The van der Waals surface area contributed by atoms with Crippen LogP contribution < -0.4 is 15.8 Å². The number of nitrogens with zero attached hydrogens (tertiary/aromatic N) is 1. The van der Waals surface area contributed by atoms with Crippen LogP contribution in [-0.4, -0.2) is 85.0 Å². The minimum Gasteiger partial charge on any atom is -0.480 e. The first-order chi connectivity index (χ1) is 16.2. The van der Waals surface area contributed by atoms with Crippen molar-refractivity contribution in [1.29, 1.82) is 0 Å². The maximum atomic E-state index is 13.0. The molecule has 12 nitrogen and oxygen atoms in total. The van der Waals surface area contributed by atoms with E-state index in [1.807, 2.05) is 27.7 Å². The van der Waals surface area contributed by atoms with Gasteiger partial charge in [-0.25, -0.2) is 4.79 Å². The molecular formula is C22H43BN4O8S. The zero-order valence-electron chi connectivity index (χ0n) is 22.7. The van der Waals surface area contributed by atoms with E-state index in [9.17, 15) is 23.1 Å². The fourth-order valence-corrected chi connectivity index (χ4v) is 5.70. The summed E-state index contributed by atoms with van der Waals surface area (Å²) in [6.07, 6.45) is 0.834. The Morgan fingerprint density at radius 1 is 1.22 bits per heavy atom. The van der Waals surface area contributed by atoms with Gasteiger partial charge in [0, 0.05) is 31.6 Å². The van der Waals surface area contributed by atoms with E-state index in [2.05, 4.69) is 10.0 Å². The summed E-state index contributed by atoms with van der Waals surface area (Å²) in [7, 11) is -4.48. The number of aliphatic carboxylic acids is 1. The van der Waals surface area contributed by atoms with Gasteiger partial charge in [-0.15, -0.1) is 0 Å². The molecule has 14 heteroatoms. The van der Waals surface area contributed by atoms with E-state index in [-0.39, 0.29) is 19.6 Å². The number of ether oxygens (including phenoxy) is 1. The Bertz CT molecular complexity index is 907. The SMILES string of the molecule is C[C@H](CNC(=O)OC(C)(C)C)NS(=O)(=O)N1C[C@@H](CCCB2OC(C)(C)C(C)(C)O2)[C@@](N)(C(=O)O)C1. The van der Waals surface area contributed by atoms with Gasteiger partial charge in [-0.05, 0) is 68.1 Å². The van der Waals surface area contributed by atoms with Gasteiger partial charge >= 0.3 is 19.2 Å². The van der Waals surface area contributed by atoms with Crippen molar-refractivity contribution in [3.63, 3.8) is 0 Å². The Hall–Kier alpha value is -1.45. The predicted molar refractivity (Wildman–Crippen MR) is 135 cm³/mol. The first-order valence-corrected chi connectivity index (χ1v) is 13.7. The molecule has 0 aromatic heterocycles. The summed E-state index contributed by atoms with van der Waals surface area (Å²) in [6, 6.07) is -0.665. The number of nitrogens with one attached hydrogen (secondary N) is 2. The summed E-state index contributed by atoms with van der Waals surface area (Å²) in [5.41, 5.74) is 2.91. The van der Waals surface area contributed by atoms with Gasteiger partial charge in [0.05, 0.1) is 11.2 Å². The topological polar surface area (TPSA) is 170 Å². The fourth-order valence-electron chi connectivity index (χ4n) is 4.20. The smallest absolute Gasteiger partial charge is 0.457 e. The Labute approximate surface area is 215 Å². The number of carbonyl (C=O) groups excluding carboxylic acids is 1. The van der Waals surface area contributed by atoms with E-state index in [4.69, 9.17) is 19.8 Å². The number of carboxylic acid groups (broad SMARTS) is 1. The second kappa shape index (κ2) is 10.7. The van der Waals surface area contributed by atoms with Crippen LogP contribution in [-0.2, 0) is 29.0 Å². The van der Waals surface area contributed by atoms with E-state index in [1.54, 1.807) is 27.7 Å². The summed E-state index contributed by atoms with van der Waals surface area (Å²) < 4.78 is 46.6. The molecule has 2 saturated heterocycles. The zero-order chi connectivity index (χ0) is 27.7. The van der Waals surface area contributed by atoms with Gasteiger partial charge < -0.3 is 30.2 Å². The highest BCUT2D eigenvalue weighted by molar-refractivity contribution is 7.87. The van der Waals surface area contributed by atoms with Crippen molar-refractivity contribution in [1.82, 2.24) is 14.3 Å². The quantitative estimate of drug-likeness (QED) is 0.302. The lowest BCUT2D eigenvalue weighted by molar-refractivity contribution is -0.144. The summed E-state index contributed by atoms with van der Waals surface area (Å²) in [5, 5.41) is 12.3. The third-order valence-electron chi connectivity index (χ3n) is 6.92. The lowest BCUT2D eigenvalue weighted by atomic mass is 9.78. The van der Waals surface area contributed by atoms with Crippen molar-refractivity contribution < 1.29 is 37.2 Å². The van der Waals surface area contributed by atoms with Crippen LogP contribution in [0.2, 0.25) is 6.32 Å². The van der Waals surface area contributed by atoms with Gasteiger partial charge in [0.25, 0.3) is 10.2 Å². The predicted octanol–water partition coefficient (Wildman–Crippen LogP) is 1.32. The van der Waals surface area contributed by atoms with E-state index in [1.165, 1.54) is 0 Å². The van der Waals surface area contributed by atoms with Gasteiger partial charge in [-0.3, -0.25) is 4.79 Å². The minimum absolute atomic E-state index is 0.00774. The molecule has 0 saturated carbocycles. The van der Waals surface area contributed by atoms with Crippen molar-refractivity contribution in [3.05, 3.63) is 0 Å². The van der Waals surface area contributed by atoms with Crippen LogP contribution >= 0.6 is 0 Å². The molecule has 208 valence electrons. The Balaban J connectivity index is 1.95. The van der Waals surface area contributed by atoms with E-state index >= 15 is 0 Å². The zero-order valence-corrected chi connectivity index (χ0v) is 23.5. The summed E-state index contributed by atoms with van der Waals surface area (Å²) in [5.74, 6) is -1.84. The van der Waals surface area contributed by atoms with Gasteiger partial charge in [0.2, 0.25) is 0 Å². The van der Waals surface area contributed by atoms with Gasteiger partial charge in [0.1, 0.15) is 11.1 Å². The van der Waals surface area contributed by atoms with Gasteiger partial charge in [0.15, 0.2) is 0 Å². The molecule has 2 aliphatic rings. The van der Waals surface area contributed by atoms with E-state index < -0.39 is 63.7 Å². The Morgan fingerprint density at radius 3 is 2.28 bits per heavy atom. The number of rotatable bonds is 10. The molecule has 2 aliphatic heterocycles. The molecule has 2 heterocycles. The van der Waals surface area contributed by atoms with Crippen molar-refractivity contribution >= 4 is 29.4 Å². The third kappa shape index (κ3) is 7.54. The Morgan fingerprint density at radius 2 is 1.78 bits per heavy atom. The molecule has 1 amide bonds. The first kappa shape index (κ1) is 30.8. The third-order valence-corrected chi connectivity index (χ3v) is 8.58. The summed E-state index contributed by atoms with van der Waals surface area (Å²) in [6.45, 7) is 14.2. The maximum Gasteiger partial charge on any atom is 0.457 e. The lowest BCUT2D eigenvalue weighted by Crippen LogP contribution is -2.55. The summed E-state index contributed by atoms with van der Waals surface area (Å²) >= 11 is 0. The maximum absolute atomic E-state index is 13.0. The average Bonchev–Trinajstić information content (AvgIpc) is 3.12. The Kier molecular flexibility index (Phi) is 9.18. The molecule has 0 aliphatic carbocycles. The second-order valence-corrected chi connectivity index (χ2v) is 13.6. The number of carboxylic acids is 1. The highest BCUT2D eigenvalue weighted by Crippen LogP contribution is 2.39. The number of hydrogen-bond donors (Lipinski definition) is 4. The molecule has 0 aromatic rings. The van der Waals surface area contributed by atoms with Gasteiger partial charge in [-0.1, -0.05) is 6.42 Å². The number of alkyl carbamates (subject to hydrolysis) is 1. The number of nitrogens with two attached hydrogens (primary N) is 1. The van der Waals surface area contributed by atoms with Crippen LogP contribution in [0.3, 0.4) is 0 Å². The highest BCUT2D eigenvalue weighted by atomic mass is 32.2.